The summed E-state index contributed by atoms with van der Waals surface area (Å²) in [5.41, 5.74) is 0. The smallest absolute Gasteiger partial charge is 0.331 e. The third-order valence-corrected chi connectivity index (χ3v) is 3.92. The molecule has 0 fully saturated rings. The number of carboxylic acids is 2. The first kappa shape index (κ1) is 25.9. The molecule has 0 heterocycles. The van der Waals surface area contributed by atoms with E-state index in [0.29, 0.717) is 11.0 Å². The second kappa shape index (κ2) is 14.9. The molecule has 0 aromatic rings. The van der Waals surface area contributed by atoms with Gasteiger partial charge in [0.15, 0.2) is 6.10 Å². The fourth-order valence-electron chi connectivity index (χ4n) is 2.70. The Morgan fingerprint density at radius 1 is 1.00 bits per heavy atom. The zero-order chi connectivity index (χ0) is 21.4. The Labute approximate surface area is 168 Å². The highest BCUT2D eigenvalue weighted by Gasteiger charge is 2.21. The number of likely N-dealkylation sites (N-methyl/N-ethyl adjacent to an activating group) is 1. The molecule has 0 aromatic heterocycles. The molecule has 0 saturated heterocycles. The van der Waals surface area contributed by atoms with Crippen molar-refractivity contribution in [1.29, 1.82) is 0 Å². The average Bonchev–Trinajstić information content (AvgIpc) is 2.53. The van der Waals surface area contributed by atoms with Gasteiger partial charge in [0, 0.05) is 24.9 Å². The Morgan fingerprint density at radius 2 is 1.61 bits per heavy atom. The topological polar surface area (TPSA) is 104 Å². The number of esters is 1. The van der Waals surface area contributed by atoms with Gasteiger partial charge in [-0.3, -0.25) is 4.79 Å². The van der Waals surface area contributed by atoms with Crippen molar-refractivity contribution >= 4 is 17.9 Å². The molecule has 0 aliphatic rings. The van der Waals surface area contributed by atoms with Gasteiger partial charge >= 0.3 is 11.9 Å². The van der Waals surface area contributed by atoms with Crippen LogP contribution < -0.4 is 5.11 Å². The quantitative estimate of drug-likeness (QED) is 0.141. The highest BCUT2D eigenvalue weighted by Crippen LogP contribution is 2.09. The van der Waals surface area contributed by atoms with Crippen LogP contribution in [0.5, 0.6) is 0 Å². The van der Waals surface area contributed by atoms with Crippen molar-refractivity contribution in [1.82, 2.24) is 0 Å². The summed E-state index contributed by atoms with van der Waals surface area (Å²) in [7, 11) is 5.68. The minimum atomic E-state index is -1.24. The monoisotopic (exact) mass is 397 g/mol. The number of allylic oxidation sites excluding steroid dienone is 3. The first-order valence-electron chi connectivity index (χ1n) is 9.86. The summed E-state index contributed by atoms with van der Waals surface area (Å²) in [6.07, 6.45) is 12.8. The molecular weight excluding hydrogens is 362 g/mol. The number of carbonyl (C=O) groups excluding carboxylic acids is 2. The lowest BCUT2D eigenvalue weighted by atomic mass is 10.1. The molecule has 0 amide bonds. The Balaban J connectivity index is 3.95. The average molecular weight is 398 g/mol. The van der Waals surface area contributed by atoms with E-state index in [1.165, 1.54) is 6.08 Å². The largest absolute Gasteiger partial charge is 0.550 e. The molecule has 1 N–H and O–H groups in total. The van der Waals surface area contributed by atoms with Crippen molar-refractivity contribution < 1.29 is 33.8 Å². The predicted octanol–water partition coefficient (Wildman–Crippen LogP) is 2.06. The standard InChI is InChI=1S/C21H35NO6/c1-22(2,3)17-18(16-20(25)26)28-21(27)15-13-11-9-7-5-4-6-8-10-12-14-19(23)24/h9,11,13,15,18H,4-8,10,12,14,16-17H2,1-3H3,(H-,23,24,25,26)/b11-9+,15-13+. The molecule has 0 radical (unpaired) electrons. The molecule has 28 heavy (non-hydrogen) atoms. The zero-order valence-corrected chi connectivity index (χ0v) is 17.4. The fraction of sp³-hybridized carbons (Fsp3) is 0.667. The van der Waals surface area contributed by atoms with Gasteiger partial charge in [-0.1, -0.05) is 43.9 Å². The van der Waals surface area contributed by atoms with Crippen LogP contribution in [-0.2, 0) is 19.1 Å². The van der Waals surface area contributed by atoms with Gasteiger partial charge in [-0.05, 0) is 19.3 Å². The van der Waals surface area contributed by atoms with Gasteiger partial charge in [0.2, 0.25) is 0 Å². The zero-order valence-electron chi connectivity index (χ0n) is 17.4. The number of hydrogen-bond acceptors (Lipinski definition) is 5. The van der Waals surface area contributed by atoms with Crippen LogP contribution in [0.4, 0.5) is 0 Å². The number of ether oxygens (including phenoxy) is 1. The van der Waals surface area contributed by atoms with E-state index in [4.69, 9.17) is 9.84 Å². The summed E-state index contributed by atoms with van der Waals surface area (Å²) >= 11 is 0. The normalized spacial score (nSPS) is 13.1. The summed E-state index contributed by atoms with van der Waals surface area (Å²) in [6, 6.07) is 0. The fourth-order valence-corrected chi connectivity index (χ4v) is 2.70. The highest BCUT2D eigenvalue weighted by molar-refractivity contribution is 5.82. The van der Waals surface area contributed by atoms with Crippen molar-refractivity contribution in [3.8, 4) is 0 Å². The van der Waals surface area contributed by atoms with Crippen molar-refractivity contribution in [2.75, 3.05) is 27.7 Å². The van der Waals surface area contributed by atoms with Crippen molar-refractivity contribution in [2.24, 2.45) is 0 Å². The highest BCUT2D eigenvalue weighted by atomic mass is 16.5. The molecule has 0 spiro atoms. The van der Waals surface area contributed by atoms with E-state index in [0.717, 1.165) is 44.9 Å². The Kier molecular flexibility index (Phi) is 13.7. The third kappa shape index (κ3) is 18.6. The van der Waals surface area contributed by atoms with Gasteiger partial charge in [0.25, 0.3) is 0 Å². The summed E-state index contributed by atoms with van der Waals surface area (Å²) in [6.45, 7) is 0.389. The summed E-state index contributed by atoms with van der Waals surface area (Å²) in [5, 5.41) is 19.3. The molecule has 0 rings (SSSR count). The van der Waals surface area contributed by atoms with Crippen molar-refractivity contribution in [3.63, 3.8) is 0 Å². The van der Waals surface area contributed by atoms with E-state index in [1.807, 2.05) is 27.2 Å². The Hall–Kier alpha value is -2.15. The van der Waals surface area contributed by atoms with Gasteiger partial charge in [0.1, 0.15) is 6.54 Å². The predicted molar refractivity (Wildman–Crippen MR) is 105 cm³/mol. The van der Waals surface area contributed by atoms with Crippen LogP contribution in [0.15, 0.2) is 24.3 Å². The first-order valence-corrected chi connectivity index (χ1v) is 9.86. The van der Waals surface area contributed by atoms with E-state index < -0.39 is 24.0 Å². The van der Waals surface area contributed by atoms with Crippen LogP contribution in [0.3, 0.4) is 0 Å². The number of rotatable bonds is 16. The lowest BCUT2D eigenvalue weighted by Crippen LogP contribution is -2.45. The van der Waals surface area contributed by atoms with Crippen molar-refractivity contribution in [2.45, 2.75) is 63.9 Å². The molecule has 7 nitrogen and oxygen atoms in total. The van der Waals surface area contributed by atoms with E-state index >= 15 is 0 Å². The maximum Gasteiger partial charge on any atom is 0.331 e. The second-order valence-corrected chi connectivity index (χ2v) is 7.95. The molecule has 160 valence electrons. The van der Waals surface area contributed by atoms with Crippen LogP contribution in [-0.4, -0.2) is 61.3 Å². The number of carbonyl (C=O) groups is 3. The van der Waals surface area contributed by atoms with Gasteiger partial charge in [-0.15, -0.1) is 0 Å². The molecule has 0 aliphatic carbocycles. The van der Waals surface area contributed by atoms with Gasteiger partial charge < -0.3 is 24.2 Å². The molecule has 1 atom stereocenters. The number of unbranched alkanes of at least 4 members (excludes halogenated alkanes) is 6. The maximum atomic E-state index is 11.8. The molecule has 0 bridgehead atoms. The van der Waals surface area contributed by atoms with Crippen molar-refractivity contribution in [3.05, 3.63) is 24.3 Å². The Bertz CT molecular complexity index is 534. The minimum Gasteiger partial charge on any atom is -0.550 e. The first-order chi connectivity index (χ1) is 13.1. The SMILES string of the molecule is C[N+](C)(C)CC(CC(=O)[O-])OC(=O)/C=C/C=C/CCCCCCCCC(=O)O. The molecule has 1 unspecified atom stereocenters. The van der Waals surface area contributed by atoms with Crippen LogP contribution >= 0.6 is 0 Å². The van der Waals surface area contributed by atoms with Crippen LogP contribution in [0.25, 0.3) is 0 Å². The number of carboxylic acid groups (broad SMARTS) is 2. The van der Waals surface area contributed by atoms with Crippen LogP contribution in [0.2, 0.25) is 0 Å². The van der Waals surface area contributed by atoms with E-state index in [-0.39, 0.29) is 12.8 Å². The number of quaternary nitrogens is 1. The molecule has 0 aromatic carbocycles. The summed E-state index contributed by atoms with van der Waals surface area (Å²) < 4.78 is 5.69. The van der Waals surface area contributed by atoms with E-state index in [2.05, 4.69) is 0 Å². The van der Waals surface area contributed by atoms with E-state index in [9.17, 15) is 19.5 Å². The number of hydrogen-bond donors (Lipinski definition) is 1. The number of nitrogens with zero attached hydrogens (tertiary/aromatic N) is 1. The van der Waals surface area contributed by atoms with Crippen LogP contribution in [0.1, 0.15) is 57.8 Å². The maximum absolute atomic E-state index is 11.8. The number of aliphatic carboxylic acids is 2. The Morgan fingerprint density at radius 3 is 2.18 bits per heavy atom. The lowest BCUT2D eigenvalue weighted by Gasteiger charge is -2.28. The van der Waals surface area contributed by atoms with Gasteiger partial charge in [-0.2, -0.15) is 0 Å². The summed E-state index contributed by atoms with van der Waals surface area (Å²) in [4.78, 5) is 33.0. The van der Waals surface area contributed by atoms with Crippen LogP contribution in [0, 0.1) is 0 Å². The second-order valence-electron chi connectivity index (χ2n) is 7.95. The molecule has 0 saturated carbocycles. The lowest BCUT2D eigenvalue weighted by molar-refractivity contribution is -0.873. The third-order valence-electron chi connectivity index (χ3n) is 3.92. The minimum absolute atomic E-state index is 0.251. The molecular formula is C21H35NO6. The van der Waals surface area contributed by atoms with Gasteiger partial charge in [-0.25, -0.2) is 4.79 Å². The summed E-state index contributed by atoms with van der Waals surface area (Å²) in [5.74, 6) is -2.53. The van der Waals surface area contributed by atoms with Gasteiger partial charge in [0.05, 0.1) is 21.1 Å². The van der Waals surface area contributed by atoms with E-state index in [1.54, 1.807) is 12.2 Å². The molecule has 0 aliphatic heterocycles. The molecule has 7 heteroatoms.